The molecular formula is C13H12ClFN2O3S. The summed E-state index contributed by atoms with van der Waals surface area (Å²) in [6.45, 7) is 1.67. The Labute approximate surface area is 130 Å². The highest BCUT2D eigenvalue weighted by Gasteiger charge is 2.56. The summed E-state index contributed by atoms with van der Waals surface area (Å²) in [4.78, 5) is 12.1. The van der Waals surface area contributed by atoms with Crippen LogP contribution in [-0.4, -0.2) is 23.9 Å². The van der Waals surface area contributed by atoms with Crippen LogP contribution in [0.2, 0.25) is 5.02 Å². The number of ether oxygens (including phenoxy) is 2. The third-order valence-electron chi connectivity index (χ3n) is 3.76. The number of nitrogens with one attached hydrogen (secondary N) is 2. The SMILES string of the molecule is COC(=O)C1C2NC(=S)NC1(C)Oc1ccc(Cl)c(F)c12. The number of hydrogen-bond acceptors (Lipinski definition) is 4. The van der Waals surface area contributed by atoms with Crippen LogP contribution >= 0.6 is 23.8 Å². The van der Waals surface area contributed by atoms with Crippen LogP contribution in [0, 0.1) is 11.7 Å². The molecule has 1 saturated heterocycles. The highest BCUT2D eigenvalue weighted by atomic mass is 35.5. The van der Waals surface area contributed by atoms with Crippen LogP contribution in [0.4, 0.5) is 4.39 Å². The molecule has 3 atom stereocenters. The van der Waals surface area contributed by atoms with E-state index in [2.05, 4.69) is 10.6 Å². The summed E-state index contributed by atoms with van der Waals surface area (Å²) in [6.07, 6.45) is 0. The molecule has 0 saturated carbocycles. The zero-order chi connectivity index (χ0) is 15.4. The Morgan fingerprint density at radius 1 is 1.57 bits per heavy atom. The van der Waals surface area contributed by atoms with E-state index in [4.69, 9.17) is 33.3 Å². The number of thiocarbonyl (C=S) groups is 1. The van der Waals surface area contributed by atoms with Crippen molar-refractivity contribution in [2.75, 3.05) is 7.11 Å². The van der Waals surface area contributed by atoms with E-state index in [0.29, 0.717) is 5.75 Å². The smallest absolute Gasteiger partial charge is 0.317 e. The highest BCUT2D eigenvalue weighted by molar-refractivity contribution is 7.80. The molecule has 21 heavy (non-hydrogen) atoms. The number of fused-ring (bicyclic) bond motifs is 4. The van der Waals surface area contributed by atoms with Crippen molar-refractivity contribution in [2.45, 2.75) is 18.7 Å². The van der Waals surface area contributed by atoms with Gasteiger partial charge >= 0.3 is 5.97 Å². The fraction of sp³-hybridized carbons (Fsp3) is 0.385. The standard InChI is InChI=1S/C13H12ClFN2O3S/c1-13-8(11(18)19-2)10(16-12(21)17-13)7-6(20-13)4-3-5(14)9(7)15/h3-4,8,10H,1-2H3,(H2,16,17,21). The first-order valence-corrected chi connectivity index (χ1v) is 6.99. The largest absolute Gasteiger partial charge is 0.469 e. The molecule has 5 nitrogen and oxygen atoms in total. The Balaban J connectivity index is 2.21. The number of rotatable bonds is 1. The number of methoxy groups -OCH3 is 1. The molecule has 2 N–H and O–H groups in total. The summed E-state index contributed by atoms with van der Waals surface area (Å²) in [5, 5.41) is 6.03. The maximum atomic E-state index is 14.4. The summed E-state index contributed by atoms with van der Waals surface area (Å²) >= 11 is 10.9. The normalized spacial score (nSPS) is 29.6. The first kappa shape index (κ1) is 14.3. The average Bonchev–Trinajstić information content (AvgIpc) is 2.40. The Morgan fingerprint density at radius 3 is 2.95 bits per heavy atom. The first-order chi connectivity index (χ1) is 9.87. The number of halogens is 2. The predicted molar refractivity (Wildman–Crippen MR) is 77.6 cm³/mol. The summed E-state index contributed by atoms with van der Waals surface area (Å²) < 4.78 is 25.0. The lowest BCUT2D eigenvalue weighted by Gasteiger charge is -2.50. The van der Waals surface area contributed by atoms with Crippen LogP contribution < -0.4 is 15.4 Å². The average molecular weight is 331 g/mol. The topological polar surface area (TPSA) is 59.6 Å². The lowest BCUT2D eigenvalue weighted by atomic mass is 9.80. The molecule has 0 spiro atoms. The fourth-order valence-corrected chi connectivity index (χ4v) is 3.35. The molecule has 112 valence electrons. The number of esters is 1. The van der Waals surface area contributed by atoms with Gasteiger partial charge in [0.2, 0.25) is 0 Å². The first-order valence-electron chi connectivity index (χ1n) is 6.21. The van der Waals surface area contributed by atoms with Crippen molar-refractivity contribution in [1.82, 2.24) is 10.6 Å². The Kier molecular flexibility index (Phi) is 3.22. The third-order valence-corrected chi connectivity index (χ3v) is 4.27. The molecule has 3 unspecified atom stereocenters. The van der Waals surface area contributed by atoms with Gasteiger partial charge in [-0.3, -0.25) is 4.79 Å². The minimum atomic E-state index is -1.12. The van der Waals surface area contributed by atoms with E-state index in [9.17, 15) is 9.18 Å². The molecule has 2 bridgehead atoms. The maximum absolute atomic E-state index is 14.4. The maximum Gasteiger partial charge on any atom is 0.317 e. The van der Waals surface area contributed by atoms with Gasteiger partial charge in [0.05, 0.1) is 23.7 Å². The van der Waals surface area contributed by atoms with Crippen LogP contribution in [0.3, 0.4) is 0 Å². The molecular weight excluding hydrogens is 319 g/mol. The van der Waals surface area contributed by atoms with E-state index in [1.54, 1.807) is 13.0 Å². The third kappa shape index (κ3) is 2.03. The molecule has 2 heterocycles. The molecule has 1 fully saturated rings. The zero-order valence-corrected chi connectivity index (χ0v) is 12.8. The van der Waals surface area contributed by atoms with E-state index in [1.807, 2.05) is 0 Å². The molecule has 0 amide bonds. The molecule has 2 aliphatic rings. The quantitative estimate of drug-likeness (QED) is 0.606. The summed E-state index contributed by atoms with van der Waals surface area (Å²) in [5.74, 6) is -1.66. The Hall–Kier alpha value is -1.60. The highest BCUT2D eigenvalue weighted by Crippen LogP contribution is 2.47. The van der Waals surface area contributed by atoms with Crippen molar-refractivity contribution in [3.63, 3.8) is 0 Å². The van der Waals surface area contributed by atoms with E-state index in [1.165, 1.54) is 13.2 Å². The van der Waals surface area contributed by atoms with Crippen molar-refractivity contribution < 1.29 is 18.7 Å². The van der Waals surface area contributed by atoms with Gasteiger partial charge in [0.25, 0.3) is 0 Å². The monoisotopic (exact) mass is 330 g/mol. The molecule has 0 aromatic heterocycles. The molecule has 0 aliphatic carbocycles. The van der Waals surface area contributed by atoms with E-state index in [0.717, 1.165) is 0 Å². The van der Waals surface area contributed by atoms with Crippen molar-refractivity contribution in [3.05, 3.63) is 28.5 Å². The predicted octanol–water partition coefficient (Wildman–Crippen LogP) is 1.90. The minimum absolute atomic E-state index is 0.0455. The van der Waals surface area contributed by atoms with Crippen molar-refractivity contribution in [1.29, 1.82) is 0 Å². The number of benzene rings is 1. The lowest BCUT2D eigenvalue weighted by molar-refractivity contribution is -0.159. The van der Waals surface area contributed by atoms with Gasteiger partial charge < -0.3 is 20.1 Å². The van der Waals surface area contributed by atoms with Gasteiger partial charge in [0, 0.05) is 0 Å². The number of hydrogen-bond donors (Lipinski definition) is 2. The van der Waals surface area contributed by atoms with Gasteiger partial charge in [-0.1, -0.05) is 11.6 Å². The van der Waals surface area contributed by atoms with E-state index >= 15 is 0 Å². The van der Waals surface area contributed by atoms with Gasteiger partial charge in [0.1, 0.15) is 11.7 Å². The Bertz CT molecular complexity index is 657. The second-order valence-corrected chi connectivity index (χ2v) is 5.87. The molecule has 0 radical (unpaired) electrons. The lowest BCUT2D eigenvalue weighted by Crippen LogP contribution is -2.70. The van der Waals surface area contributed by atoms with Crippen molar-refractivity contribution in [3.8, 4) is 5.75 Å². The number of carbonyl (C=O) groups is 1. The van der Waals surface area contributed by atoms with Gasteiger partial charge in [0.15, 0.2) is 16.7 Å². The van der Waals surface area contributed by atoms with Gasteiger partial charge in [-0.05, 0) is 31.3 Å². The van der Waals surface area contributed by atoms with Crippen molar-refractivity contribution in [2.24, 2.45) is 5.92 Å². The van der Waals surface area contributed by atoms with Crippen LogP contribution in [0.5, 0.6) is 5.75 Å². The Morgan fingerprint density at radius 2 is 2.29 bits per heavy atom. The molecule has 1 aromatic rings. The summed E-state index contributed by atoms with van der Waals surface area (Å²) in [5.41, 5.74) is -0.938. The number of carbonyl (C=O) groups excluding carboxylic acids is 1. The van der Waals surface area contributed by atoms with Crippen LogP contribution in [0.25, 0.3) is 0 Å². The summed E-state index contributed by atoms with van der Waals surface area (Å²) in [6, 6.07) is 2.27. The van der Waals surface area contributed by atoms with Gasteiger partial charge in [-0.2, -0.15) is 0 Å². The van der Waals surface area contributed by atoms with Crippen LogP contribution in [0.15, 0.2) is 12.1 Å². The van der Waals surface area contributed by atoms with Gasteiger partial charge in [-0.15, -0.1) is 0 Å². The van der Waals surface area contributed by atoms with E-state index in [-0.39, 0.29) is 15.7 Å². The second-order valence-electron chi connectivity index (χ2n) is 5.06. The zero-order valence-electron chi connectivity index (χ0n) is 11.2. The van der Waals surface area contributed by atoms with Crippen LogP contribution in [0.1, 0.15) is 18.5 Å². The fourth-order valence-electron chi connectivity index (χ4n) is 2.85. The second kappa shape index (κ2) is 4.71. The molecule has 2 aliphatic heterocycles. The van der Waals surface area contributed by atoms with E-state index < -0.39 is 29.5 Å². The molecule has 8 heteroatoms. The van der Waals surface area contributed by atoms with Crippen LogP contribution in [-0.2, 0) is 9.53 Å². The van der Waals surface area contributed by atoms with Crippen molar-refractivity contribution >= 4 is 34.9 Å². The molecule has 1 aromatic carbocycles. The summed E-state index contributed by atoms with van der Waals surface area (Å²) in [7, 11) is 1.27. The van der Waals surface area contributed by atoms with Gasteiger partial charge in [-0.25, -0.2) is 4.39 Å². The molecule has 3 rings (SSSR count). The minimum Gasteiger partial charge on any atom is -0.469 e.